The van der Waals surface area contributed by atoms with Crippen molar-refractivity contribution in [2.24, 2.45) is 0 Å². The number of amides is 1. The Kier molecular flexibility index (Phi) is 3.61. The minimum absolute atomic E-state index is 0.0287. The van der Waals surface area contributed by atoms with E-state index in [4.69, 9.17) is 0 Å². The molecule has 124 valence electrons. The molecule has 0 bridgehead atoms. The van der Waals surface area contributed by atoms with Crippen molar-refractivity contribution in [2.45, 2.75) is 33.0 Å². The molecule has 0 saturated heterocycles. The Balaban J connectivity index is 1.67. The van der Waals surface area contributed by atoms with Gasteiger partial charge in [0, 0.05) is 17.4 Å². The number of carbonyl (C=O) groups excluding carboxylic acids is 1. The number of aliphatic hydroxyl groups is 1. The number of carbonyl (C=O) groups is 1. The lowest BCUT2D eigenvalue weighted by Crippen LogP contribution is -2.38. The maximum absolute atomic E-state index is 13.1. The Hall–Kier alpha value is -2.60. The molecule has 6 nitrogen and oxygen atoms in total. The predicted molar refractivity (Wildman–Crippen MR) is 90.6 cm³/mol. The zero-order valence-corrected chi connectivity index (χ0v) is 13.6. The van der Waals surface area contributed by atoms with Crippen molar-refractivity contribution >= 4 is 16.8 Å². The number of fused-ring (bicyclic) bond motifs is 2. The van der Waals surface area contributed by atoms with Crippen molar-refractivity contribution in [3.63, 3.8) is 0 Å². The first-order valence-corrected chi connectivity index (χ1v) is 8.26. The fraction of sp³-hybridized carbons (Fsp3) is 0.333. The monoisotopic (exact) mass is 324 g/mol. The molecular weight excluding hydrogens is 304 g/mol. The van der Waals surface area contributed by atoms with Gasteiger partial charge in [-0.15, -0.1) is 0 Å². The summed E-state index contributed by atoms with van der Waals surface area (Å²) in [4.78, 5) is 18.2. The summed E-state index contributed by atoms with van der Waals surface area (Å²) in [5, 5.41) is 14.7. The normalized spacial score (nSPS) is 14.2. The fourth-order valence-corrected chi connectivity index (χ4v) is 3.48. The molecule has 0 aliphatic carbocycles. The van der Waals surface area contributed by atoms with Crippen molar-refractivity contribution in [3.8, 4) is 0 Å². The van der Waals surface area contributed by atoms with Crippen molar-refractivity contribution in [1.29, 1.82) is 0 Å². The molecule has 0 saturated carbocycles. The van der Waals surface area contributed by atoms with E-state index in [0.717, 1.165) is 28.6 Å². The van der Waals surface area contributed by atoms with Gasteiger partial charge in [-0.1, -0.05) is 25.1 Å². The average molecular weight is 324 g/mol. The van der Waals surface area contributed by atoms with Gasteiger partial charge in [0.1, 0.15) is 5.69 Å². The molecule has 0 atom stereocenters. The largest absolute Gasteiger partial charge is 0.390 e. The minimum atomic E-state index is -0.0735. The van der Waals surface area contributed by atoms with Crippen LogP contribution in [0, 0.1) is 0 Å². The van der Waals surface area contributed by atoms with Crippen molar-refractivity contribution < 1.29 is 9.90 Å². The molecule has 1 aromatic carbocycles. The van der Waals surface area contributed by atoms with E-state index in [1.165, 1.54) is 0 Å². The van der Waals surface area contributed by atoms with Crippen LogP contribution < -0.4 is 0 Å². The highest BCUT2D eigenvalue weighted by Gasteiger charge is 2.26. The van der Waals surface area contributed by atoms with Gasteiger partial charge >= 0.3 is 0 Å². The Bertz CT molecular complexity index is 909. The van der Waals surface area contributed by atoms with Crippen LogP contribution in [0.1, 0.15) is 34.4 Å². The highest BCUT2D eigenvalue weighted by atomic mass is 16.3. The number of hydrogen-bond donors (Lipinski definition) is 2. The van der Waals surface area contributed by atoms with E-state index in [-0.39, 0.29) is 12.5 Å². The Morgan fingerprint density at radius 3 is 2.96 bits per heavy atom. The molecular formula is C18H20N4O2. The topological polar surface area (TPSA) is 74.2 Å². The minimum Gasteiger partial charge on any atom is -0.390 e. The smallest absolute Gasteiger partial charge is 0.271 e. The summed E-state index contributed by atoms with van der Waals surface area (Å²) < 4.78 is 1.88. The van der Waals surface area contributed by atoms with E-state index in [2.05, 4.69) is 23.1 Å². The molecule has 3 heterocycles. The summed E-state index contributed by atoms with van der Waals surface area (Å²) in [5.41, 5.74) is 4.38. The second-order valence-corrected chi connectivity index (χ2v) is 6.11. The van der Waals surface area contributed by atoms with Crippen LogP contribution in [0.25, 0.3) is 10.9 Å². The molecule has 3 aromatic rings. The third-order valence-electron chi connectivity index (χ3n) is 4.68. The van der Waals surface area contributed by atoms with E-state index in [0.29, 0.717) is 31.0 Å². The Morgan fingerprint density at radius 1 is 1.33 bits per heavy atom. The number of benzene rings is 1. The van der Waals surface area contributed by atoms with Crippen molar-refractivity contribution in [2.75, 3.05) is 6.54 Å². The summed E-state index contributed by atoms with van der Waals surface area (Å²) in [6.07, 6.45) is 0.811. The van der Waals surface area contributed by atoms with Crippen LogP contribution in [0.3, 0.4) is 0 Å². The quantitative estimate of drug-likeness (QED) is 0.774. The van der Waals surface area contributed by atoms with Gasteiger partial charge in [0.15, 0.2) is 0 Å². The second kappa shape index (κ2) is 5.79. The number of hydrogen-bond acceptors (Lipinski definition) is 3. The van der Waals surface area contributed by atoms with Gasteiger partial charge in [-0.25, -0.2) is 0 Å². The molecule has 0 fully saturated rings. The summed E-state index contributed by atoms with van der Waals surface area (Å²) in [6, 6.07) is 9.90. The molecule has 2 N–H and O–H groups in total. The molecule has 0 unspecified atom stereocenters. The zero-order chi connectivity index (χ0) is 16.7. The molecule has 4 rings (SSSR count). The lowest BCUT2D eigenvalue weighted by Gasteiger charge is -2.27. The average Bonchev–Trinajstić information content (AvgIpc) is 3.20. The Labute approximate surface area is 139 Å². The van der Waals surface area contributed by atoms with Crippen LogP contribution in [0.5, 0.6) is 0 Å². The molecule has 1 aliphatic rings. The zero-order valence-electron chi connectivity index (χ0n) is 13.6. The van der Waals surface area contributed by atoms with E-state index in [9.17, 15) is 9.90 Å². The Morgan fingerprint density at radius 2 is 2.17 bits per heavy atom. The van der Waals surface area contributed by atoms with Crippen molar-refractivity contribution in [3.05, 3.63) is 53.0 Å². The van der Waals surface area contributed by atoms with Gasteiger partial charge in [-0.3, -0.25) is 9.48 Å². The fourth-order valence-electron chi connectivity index (χ4n) is 3.48. The first-order valence-electron chi connectivity index (χ1n) is 8.26. The van der Waals surface area contributed by atoms with Gasteiger partial charge in [0.05, 0.1) is 31.1 Å². The molecule has 2 aromatic heterocycles. The third kappa shape index (κ3) is 2.30. The van der Waals surface area contributed by atoms with E-state index >= 15 is 0 Å². The first-order chi connectivity index (χ1) is 11.7. The summed E-state index contributed by atoms with van der Waals surface area (Å²) in [7, 11) is 0. The number of nitrogens with zero attached hydrogens (tertiary/aromatic N) is 3. The van der Waals surface area contributed by atoms with Crippen LogP contribution >= 0.6 is 0 Å². The lowest BCUT2D eigenvalue weighted by atomic mass is 10.1. The van der Waals surface area contributed by atoms with Gasteiger partial charge in [-0.2, -0.15) is 5.10 Å². The molecule has 1 amide bonds. The maximum atomic E-state index is 13.1. The van der Waals surface area contributed by atoms with Crippen molar-refractivity contribution in [1.82, 2.24) is 19.7 Å². The SMILES string of the molecule is CCc1c(C(=O)N2CCn3nc(CO)cc3C2)[nH]c2ccccc12. The molecule has 0 radical (unpaired) electrons. The number of aliphatic hydroxyl groups excluding tert-OH is 1. The highest BCUT2D eigenvalue weighted by Crippen LogP contribution is 2.25. The van der Waals surface area contributed by atoms with Crippen LogP contribution in [-0.2, 0) is 26.1 Å². The number of H-pyrrole nitrogens is 1. The highest BCUT2D eigenvalue weighted by molar-refractivity contribution is 6.01. The number of nitrogens with one attached hydrogen (secondary N) is 1. The predicted octanol–water partition coefficient (Wildman–Crippen LogP) is 2.08. The van der Waals surface area contributed by atoms with E-state index in [1.807, 2.05) is 33.8 Å². The van der Waals surface area contributed by atoms with Gasteiger partial charge in [-0.05, 0) is 24.1 Å². The maximum Gasteiger partial charge on any atom is 0.271 e. The van der Waals surface area contributed by atoms with Gasteiger partial charge in [0.2, 0.25) is 0 Å². The van der Waals surface area contributed by atoms with Gasteiger partial charge in [0.25, 0.3) is 5.91 Å². The van der Waals surface area contributed by atoms with Crippen LogP contribution in [-0.4, -0.2) is 37.2 Å². The van der Waals surface area contributed by atoms with E-state index < -0.39 is 0 Å². The molecule has 0 spiro atoms. The lowest BCUT2D eigenvalue weighted by molar-refractivity contribution is 0.0700. The number of aromatic amines is 1. The summed E-state index contributed by atoms with van der Waals surface area (Å²) >= 11 is 0. The number of rotatable bonds is 3. The number of aromatic nitrogens is 3. The van der Waals surface area contributed by atoms with Crippen LogP contribution in [0.15, 0.2) is 30.3 Å². The summed E-state index contributed by atoms with van der Waals surface area (Å²) in [5.74, 6) is 0.0287. The van der Waals surface area contributed by atoms with E-state index in [1.54, 1.807) is 0 Å². The van der Waals surface area contributed by atoms with Crippen LogP contribution in [0.4, 0.5) is 0 Å². The summed E-state index contributed by atoms with van der Waals surface area (Å²) in [6.45, 7) is 3.80. The second-order valence-electron chi connectivity index (χ2n) is 6.11. The third-order valence-corrected chi connectivity index (χ3v) is 4.68. The molecule has 24 heavy (non-hydrogen) atoms. The first kappa shape index (κ1) is 15.0. The molecule has 1 aliphatic heterocycles. The van der Waals surface area contributed by atoms with Gasteiger partial charge < -0.3 is 15.0 Å². The standard InChI is InChI=1S/C18H20N4O2/c1-2-14-15-5-3-4-6-16(15)19-17(14)18(24)21-7-8-22-13(10-21)9-12(11-23)20-22/h3-6,9,19,23H,2,7-8,10-11H2,1H3. The number of para-hydroxylation sites is 1. The molecule has 6 heteroatoms. The number of aryl methyl sites for hydroxylation is 1. The van der Waals surface area contributed by atoms with Crippen LogP contribution in [0.2, 0.25) is 0 Å².